The fraction of sp³-hybridized carbons (Fsp3) is 0.286. The van der Waals surface area contributed by atoms with Crippen LogP contribution in [0.2, 0.25) is 0 Å². The van der Waals surface area contributed by atoms with Gasteiger partial charge in [-0.25, -0.2) is 4.79 Å². The standard InChI is InChI=1S/C21H22N4O4/c1-13-6-5-7-18(25-21(28)24(4)22-23-25)17(13)12-29-20-9-8-16(10-14(20)2)19(27)11-15(3)26/h5-10H,11-12H2,1-4H3. The Morgan fingerprint density at radius 3 is 2.45 bits per heavy atom. The molecule has 0 aliphatic rings. The minimum Gasteiger partial charge on any atom is -0.489 e. The summed E-state index contributed by atoms with van der Waals surface area (Å²) in [5, 5.41) is 7.67. The molecule has 150 valence electrons. The minimum atomic E-state index is -0.346. The first-order valence-corrected chi connectivity index (χ1v) is 9.12. The van der Waals surface area contributed by atoms with Gasteiger partial charge in [0, 0.05) is 18.2 Å². The number of rotatable bonds is 7. The number of ketones is 2. The summed E-state index contributed by atoms with van der Waals surface area (Å²) in [4.78, 5) is 35.5. The van der Waals surface area contributed by atoms with Crippen LogP contribution in [-0.4, -0.2) is 31.4 Å². The molecule has 3 aromatic rings. The molecule has 8 nitrogen and oxygen atoms in total. The third kappa shape index (κ3) is 4.31. The number of aryl methyl sites for hydroxylation is 3. The quantitative estimate of drug-likeness (QED) is 0.451. The van der Waals surface area contributed by atoms with Crippen LogP contribution < -0.4 is 10.4 Å². The van der Waals surface area contributed by atoms with E-state index >= 15 is 0 Å². The first kappa shape index (κ1) is 20.2. The van der Waals surface area contributed by atoms with E-state index in [9.17, 15) is 14.4 Å². The SMILES string of the molecule is CC(=O)CC(=O)c1ccc(OCc2c(C)cccc2-n2nnn(C)c2=O)c(C)c1. The van der Waals surface area contributed by atoms with Gasteiger partial charge in [-0.15, -0.1) is 0 Å². The summed E-state index contributed by atoms with van der Waals surface area (Å²) in [6.45, 7) is 5.38. The van der Waals surface area contributed by atoms with Gasteiger partial charge in [-0.2, -0.15) is 9.36 Å². The summed E-state index contributed by atoms with van der Waals surface area (Å²) >= 11 is 0. The first-order chi connectivity index (χ1) is 13.8. The van der Waals surface area contributed by atoms with Crippen molar-refractivity contribution >= 4 is 11.6 Å². The van der Waals surface area contributed by atoms with Crippen molar-refractivity contribution in [3.8, 4) is 11.4 Å². The number of Topliss-reactive ketones (excluding diaryl/α,β-unsaturated/α-hetero) is 2. The molecule has 0 unspecified atom stereocenters. The van der Waals surface area contributed by atoms with E-state index in [1.165, 1.54) is 18.7 Å². The van der Waals surface area contributed by atoms with Crippen molar-refractivity contribution in [2.75, 3.05) is 0 Å². The van der Waals surface area contributed by atoms with Crippen LogP contribution in [0, 0.1) is 13.8 Å². The minimum absolute atomic E-state index is 0.112. The van der Waals surface area contributed by atoms with Gasteiger partial charge in [0.2, 0.25) is 0 Å². The Morgan fingerprint density at radius 1 is 1.07 bits per heavy atom. The lowest BCUT2D eigenvalue weighted by Crippen LogP contribution is -2.23. The van der Waals surface area contributed by atoms with Crippen LogP contribution in [0.1, 0.15) is 40.4 Å². The normalized spacial score (nSPS) is 10.8. The summed E-state index contributed by atoms with van der Waals surface area (Å²) in [7, 11) is 1.54. The Morgan fingerprint density at radius 2 is 1.83 bits per heavy atom. The largest absolute Gasteiger partial charge is 0.489 e. The summed E-state index contributed by atoms with van der Waals surface area (Å²) in [6.07, 6.45) is -0.112. The lowest BCUT2D eigenvalue weighted by molar-refractivity contribution is -0.116. The number of ether oxygens (including phenoxy) is 1. The zero-order valence-corrected chi connectivity index (χ0v) is 16.8. The molecular weight excluding hydrogens is 372 g/mol. The average Bonchev–Trinajstić information content (AvgIpc) is 2.99. The van der Waals surface area contributed by atoms with E-state index in [0.717, 1.165) is 21.4 Å². The van der Waals surface area contributed by atoms with E-state index in [2.05, 4.69) is 10.4 Å². The maximum Gasteiger partial charge on any atom is 0.368 e. The van der Waals surface area contributed by atoms with Crippen molar-refractivity contribution in [2.24, 2.45) is 7.05 Å². The summed E-state index contributed by atoms with van der Waals surface area (Å²) in [6, 6.07) is 10.6. The smallest absolute Gasteiger partial charge is 0.368 e. The number of nitrogens with zero attached hydrogens (tertiary/aromatic N) is 4. The molecule has 0 atom stereocenters. The maximum absolute atomic E-state index is 12.2. The second kappa shape index (κ2) is 8.22. The van der Waals surface area contributed by atoms with E-state index in [1.54, 1.807) is 24.3 Å². The second-order valence-corrected chi connectivity index (χ2v) is 6.94. The summed E-state index contributed by atoms with van der Waals surface area (Å²) < 4.78 is 8.38. The molecule has 2 aromatic carbocycles. The molecule has 0 spiro atoms. The van der Waals surface area contributed by atoms with E-state index in [1.807, 2.05) is 26.0 Å². The molecule has 8 heteroatoms. The molecule has 0 bridgehead atoms. The number of benzene rings is 2. The van der Waals surface area contributed by atoms with Crippen molar-refractivity contribution in [1.29, 1.82) is 0 Å². The highest BCUT2D eigenvalue weighted by Gasteiger charge is 2.15. The number of hydrogen-bond acceptors (Lipinski definition) is 6. The fourth-order valence-corrected chi connectivity index (χ4v) is 3.00. The number of aromatic nitrogens is 4. The van der Waals surface area contributed by atoms with Crippen molar-refractivity contribution < 1.29 is 14.3 Å². The lowest BCUT2D eigenvalue weighted by Gasteiger charge is -2.14. The van der Waals surface area contributed by atoms with Gasteiger partial charge in [0.25, 0.3) is 0 Å². The highest BCUT2D eigenvalue weighted by atomic mass is 16.5. The van der Waals surface area contributed by atoms with Crippen molar-refractivity contribution in [3.63, 3.8) is 0 Å². The van der Waals surface area contributed by atoms with E-state index in [4.69, 9.17) is 4.74 Å². The van der Waals surface area contributed by atoms with Crippen molar-refractivity contribution in [1.82, 2.24) is 19.8 Å². The van der Waals surface area contributed by atoms with Gasteiger partial charge in [0.05, 0.1) is 12.1 Å². The van der Waals surface area contributed by atoms with Gasteiger partial charge in [0.1, 0.15) is 18.1 Å². The van der Waals surface area contributed by atoms with Crippen molar-refractivity contribution in [2.45, 2.75) is 33.8 Å². The third-order valence-electron chi connectivity index (χ3n) is 4.61. The molecule has 0 radical (unpaired) electrons. The maximum atomic E-state index is 12.2. The molecule has 0 aliphatic carbocycles. The number of carbonyl (C=O) groups is 2. The molecule has 29 heavy (non-hydrogen) atoms. The summed E-state index contributed by atoms with van der Waals surface area (Å²) in [5.74, 6) is 0.236. The van der Waals surface area contributed by atoms with Crippen LogP contribution >= 0.6 is 0 Å². The molecule has 0 fully saturated rings. The fourth-order valence-electron chi connectivity index (χ4n) is 3.00. The second-order valence-electron chi connectivity index (χ2n) is 6.94. The van der Waals surface area contributed by atoms with Crippen LogP contribution in [0.4, 0.5) is 0 Å². The van der Waals surface area contributed by atoms with Gasteiger partial charge < -0.3 is 4.74 Å². The van der Waals surface area contributed by atoms with Crippen LogP contribution in [0.15, 0.2) is 41.2 Å². The molecule has 3 rings (SSSR count). The zero-order chi connectivity index (χ0) is 21.1. The Kier molecular flexibility index (Phi) is 5.72. The molecule has 0 amide bonds. The van der Waals surface area contributed by atoms with Gasteiger partial charge in [-0.05, 0) is 66.6 Å². The topological polar surface area (TPSA) is 96.1 Å². The van der Waals surface area contributed by atoms with Crippen LogP contribution in [0.25, 0.3) is 5.69 Å². The van der Waals surface area contributed by atoms with Crippen LogP contribution in [0.5, 0.6) is 5.75 Å². The van der Waals surface area contributed by atoms with Crippen molar-refractivity contribution in [3.05, 3.63) is 69.1 Å². The predicted molar refractivity (Wildman–Crippen MR) is 106 cm³/mol. The van der Waals surface area contributed by atoms with E-state index in [0.29, 0.717) is 17.0 Å². The molecule has 0 aliphatic heterocycles. The molecule has 1 heterocycles. The van der Waals surface area contributed by atoms with E-state index < -0.39 is 0 Å². The Labute approximate surface area is 167 Å². The average molecular weight is 394 g/mol. The third-order valence-corrected chi connectivity index (χ3v) is 4.61. The monoisotopic (exact) mass is 394 g/mol. The molecule has 0 saturated heterocycles. The highest BCUT2D eigenvalue weighted by molar-refractivity contribution is 6.07. The Bertz CT molecular complexity index is 1140. The van der Waals surface area contributed by atoms with E-state index in [-0.39, 0.29) is 30.3 Å². The first-order valence-electron chi connectivity index (χ1n) is 9.12. The zero-order valence-electron chi connectivity index (χ0n) is 16.8. The Balaban J connectivity index is 1.85. The number of tetrazole rings is 1. The van der Waals surface area contributed by atoms with Gasteiger partial charge in [0.15, 0.2) is 5.78 Å². The number of hydrogen-bond donors (Lipinski definition) is 0. The molecule has 0 saturated carbocycles. The predicted octanol–water partition coefficient (Wildman–Crippen LogP) is 2.32. The van der Waals surface area contributed by atoms with Gasteiger partial charge >= 0.3 is 5.69 Å². The molecule has 1 aromatic heterocycles. The lowest BCUT2D eigenvalue weighted by atomic mass is 10.0. The van der Waals surface area contributed by atoms with Crippen LogP contribution in [-0.2, 0) is 18.4 Å². The molecular formula is C21H22N4O4. The molecule has 0 N–H and O–H groups in total. The highest BCUT2D eigenvalue weighted by Crippen LogP contribution is 2.24. The van der Waals surface area contributed by atoms with Gasteiger partial charge in [-0.3, -0.25) is 9.59 Å². The summed E-state index contributed by atoms with van der Waals surface area (Å²) in [5.41, 5.74) is 3.28. The van der Waals surface area contributed by atoms with Crippen LogP contribution in [0.3, 0.4) is 0 Å². The number of carbonyl (C=O) groups excluding carboxylic acids is 2. The van der Waals surface area contributed by atoms with Gasteiger partial charge in [-0.1, -0.05) is 12.1 Å². The Hall–Kier alpha value is -3.55.